The van der Waals surface area contributed by atoms with Crippen LogP contribution in [0.25, 0.3) is 0 Å². The van der Waals surface area contributed by atoms with E-state index in [0.29, 0.717) is 11.8 Å². The van der Waals surface area contributed by atoms with Crippen LogP contribution in [-0.2, 0) is 0 Å². The Morgan fingerprint density at radius 1 is 1.40 bits per heavy atom. The largest absolute Gasteiger partial charge is 0.392 e. The van der Waals surface area contributed by atoms with E-state index in [1.54, 1.807) is 0 Å². The third kappa shape index (κ3) is 2.52. The van der Waals surface area contributed by atoms with Gasteiger partial charge >= 0.3 is 0 Å². The van der Waals surface area contributed by atoms with Crippen molar-refractivity contribution in [3.05, 3.63) is 0 Å². The second-order valence-corrected chi connectivity index (χ2v) is 5.81. The molecule has 0 spiro atoms. The monoisotopic (exact) mass is 213 g/mol. The molecule has 0 aromatic heterocycles. The van der Waals surface area contributed by atoms with E-state index in [0.717, 1.165) is 38.9 Å². The lowest BCUT2D eigenvalue weighted by Gasteiger charge is -2.47. The summed E-state index contributed by atoms with van der Waals surface area (Å²) in [6.07, 6.45) is 2.58. The van der Waals surface area contributed by atoms with E-state index in [4.69, 9.17) is 0 Å². The molecule has 0 aromatic rings. The second-order valence-electron chi connectivity index (χ2n) is 5.81. The van der Waals surface area contributed by atoms with Gasteiger partial charge in [0.15, 0.2) is 0 Å². The van der Waals surface area contributed by atoms with Crippen molar-refractivity contribution in [2.75, 3.05) is 19.6 Å². The molecule has 3 heteroatoms. The van der Waals surface area contributed by atoms with Crippen molar-refractivity contribution in [2.24, 2.45) is 11.8 Å². The van der Waals surface area contributed by atoms with Crippen molar-refractivity contribution in [3.63, 3.8) is 0 Å². The van der Waals surface area contributed by atoms with E-state index in [9.17, 15) is 10.2 Å². The smallest absolute Gasteiger partial charge is 0.0779 e. The molecule has 0 amide bonds. The van der Waals surface area contributed by atoms with Gasteiger partial charge in [0, 0.05) is 19.6 Å². The molecule has 2 aliphatic rings. The third-order valence-electron chi connectivity index (χ3n) is 3.99. The number of nitrogens with zero attached hydrogens (tertiary/aromatic N) is 1. The van der Waals surface area contributed by atoms with Gasteiger partial charge in [-0.15, -0.1) is 0 Å². The highest BCUT2D eigenvalue weighted by atomic mass is 16.3. The van der Waals surface area contributed by atoms with Gasteiger partial charge in [-0.3, -0.25) is 4.90 Å². The van der Waals surface area contributed by atoms with Crippen LogP contribution in [0.3, 0.4) is 0 Å². The van der Waals surface area contributed by atoms with Gasteiger partial charge in [-0.25, -0.2) is 0 Å². The SMILES string of the molecule is CC(C)[C@H]1C[C@](O)(CN2CC[C@H](O)C2)C1. The predicted molar refractivity (Wildman–Crippen MR) is 59.6 cm³/mol. The fourth-order valence-corrected chi connectivity index (χ4v) is 2.89. The van der Waals surface area contributed by atoms with Crippen molar-refractivity contribution in [1.29, 1.82) is 0 Å². The van der Waals surface area contributed by atoms with Crippen LogP contribution in [0.2, 0.25) is 0 Å². The zero-order valence-corrected chi connectivity index (χ0v) is 9.82. The van der Waals surface area contributed by atoms with Crippen molar-refractivity contribution in [3.8, 4) is 0 Å². The van der Waals surface area contributed by atoms with Gasteiger partial charge in [0.05, 0.1) is 11.7 Å². The summed E-state index contributed by atoms with van der Waals surface area (Å²) >= 11 is 0. The molecule has 2 N–H and O–H groups in total. The first-order valence-electron chi connectivity index (χ1n) is 6.11. The number of hydrogen-bond acceptors (Lipinski definition) is 3. The van der Waals surface area contributed by atoms with E-state index in [1.807, 2.05) is 0 Å². The molecule has 0 unspecified atom stereocenters. The van der Waals surface area contributed by atoms with Gasteiger partial charge in [0.25, 0.3) is 0 Å². The molecule has 0 aromatic carbocycles. The molecule has 1 aliphatic carbocycles. The third-order valence-corrected chi connectivity index (χ3v) is 3.99. The highest BCUT2D eigenvalue weighted by molar-refractivity contribution is 4.98. The summed E-state index contributed by atoms with van der Waals surface area (Å²) in [5.41, 5.74) is -0.459. The van der Waals surface area contributed by atoms with Crippen LogP contribution >= 0.6 is 0 Å². The number of rotatable bonds is 3. The van der Waals surface area contributed by atoms with Crippen LogP contribution in [0.15, 0.2) is 0 Å². The fourth-order valence-electron chi connectivity index (χ4n) is 2.89. The van der Waals surface area contributed by atoms with Crippen LogP contribution in [0.4, 0.5) is 0 Å². The molecule has 1 atom stereocenters. The number of aliphatic hydroxyl groups is 2. The predicted octanol–water partition coefficient (Wildman–Crippen LogP) is 0.850. The van der Waals surface area contributed by atoms with Crippen molar-refractivity contribution < 1.29 is 10.2 Å². The molecule has 2 fully saturated rings. The van der Waals surface area contributed by atoms with Crippen molar-refractivity contribution >= 4 is 0 Å². The molecule has 0 radical (unpaired) electrons. The lowest BCUT2D eigenvalue weighted by Crippen LogP contribution is -2.53. The van der Waals surface area contributed by atoms with Crippen molar-refractivity contribution in [2.45, 2.75) is 44.8 Å². The van der Waals surface area contributed by atoms with E-state index in [1.165, 1.54) is 0 Å². The van der Waals surface area contributed by atoms with Crippen LogP contribution < -0.4 is 0 Å². The summed E-state index contributed by atoms with van der Waals surface area (Å²) in [5, 5.41) is 19.7. The maximum atomic E-state index is 10.3. The van der Waals surface area contributed by atoms with Crippen LogP contribution in [0, 0.1) is 11.8 Å². The second kappa shape index (κ2) is 4.04. The number of likely N-dealkylation sites (tertiary alicyclic amines) is 1. The highest BCUT2D eigenvalue weighted by Gasteiger charge is 2.45. The molecular weight excluding hydrogens is 190 g/mol. The minimum atomic E-state index is -0.459. The molecule has 0 bridgehead atoms. The number of aliphatic hydroxyl groups excluding tert-OH is 1. The van der Waals surface area contributed by atoms with E-state index in [-0.39, 0.29) is 6.10 Å². The first-order chi connectivity index (χ1) is 6.98. The Morgan fingerprint density at radius 2 is 2.07 bits per heavy atom. The maximum absolute atomic E-state index is 10.3. The molecular formula is C12H23NO2. The average Bonchev–Trinajstić information content (AvgIpc) is 2.46. The summed E-state index contributed by atoms with van der Waals surface area (Å²) in [4.78, 5) is 2.20. The molecule has 1 heterocycles. The fraction of sp³-hybridized carbons (Fsp3) is 1.00. The van der Waals surface area contributed by atoms with Crippen LogP contribution in [0.1, 0.15) is 33.1 Å². The highest BCUT2D eigenvalue weighted by Crippen LogP contribution is 2.42. The quantitative estimate of drug-likeness (QED) is 0.730. The zero-order chi connectivity index (χ0) is 11.1. The minimum Gasteiger partial charge on any atom is -0.392 e. The lowest BCUT2D eigenvalue weighted by atomic mass is 9.66. The van der Waals surface area contributed by atoms with Gasteiger partial charge in [-0.1, -0.05) is 13.8 Å². The Labute approximate surface area is 92.1 Å². The molecule has 1 saturated heterocycles. The van der Waals surface area contributed by atoms with Gasteiger partial charge < -0.3 is 10.2 Å². The zero-order valence-electron chi connectivity index (χ0n) is 9.82. The normalized spacial score (nSPS) is 42.2. The molecule has 15 heavy (non-hydrogen) atoms. The first-order valence-corrected chi connectivity index (χ1v) is 6.11. The van der Waals surface area contributed by atoms with Gasteiger partial charge in [-0.05, 0) is 31.1 Å². The Hall–Kier alpha value is -0.120. The molecule has 1 saturated carbocycles. The average molecular weight is 213 g/mol. The summed E-state index contributed by atoms with van der Waals surface area (Å²) < 4.78 is 0. The molecule has 88 valence electrons. The Kier molecular flexibility index (Phi) is 3.06. The number of β-amino-alcohol motifs (C(OH)–C–C–N with tert-alkyl or cyclic N) is 2. The topological polar surface area (TPSA) is 43.7 Å². The minimum absolute atomic E-state index is 0.172. The summed E-state index contributed by atoms with van der Waals surface area (Å²) in [7, 11) is 0. The summed E-state index contributed by atoms with van der Waals surface area (Å²) in [5.74, 6) is 1.39. The Bertz CT molecular complexity index is 224. The lowest BCUT2D eigenvalue weighted by molar-refractivity contribution is -0.103. The van der Waals surface area contributed by atoms with Gasteiger partial charge in [0.2, 0.25) is 0 Å². The molecule has 2 rings (SSSR count). The Balaban J connectivity index is 1.76. The van der Waals surface area contributed by atoms with E-state index < -0.39 is 5.60 Å². The molecule has 1 aliphatic heterocycles. The Morgan fingerprint density at radius 3 is 2.53 bits per heavy atom. The van der Waals surface area contributed by atoms with E-state index >= 15 is 0 Å². The maximum Gasteiger partial charge on any atom is 0.0779 e. The first kappa shape index (κ1) is 11.4. The van der Waals surface area contributed by atoms with Crippen LogP contribution in [0.5, 0.6) is 0 Å². The summed E-state index contributed by atoms with van der Waals surface area (Å²) in [6.45, 7) is 6.89. The summed E-state index contributed by atoms with van der Waals surface area (Å²) in [6, 6.07) is 0. The van der Waals surface area contributed by atoms with Gasteiger partial charge in [-0.2, -0.15) is 0 Å². The molecule has 3 nitrogen and oxygen atoms in total. The van der Waals surface area contributed by atoms with Gasteiger partial charge in [0.1, 0.15) is 0 Å². The van der Waals surface area contributed by atoms with Crippen LogP contribution in [-0.4, -0.2) is 46.5 Å². The van der Waals surface area contributed by atoms with Crippen molar-refractivity contribution in [1.82, 2.24) is 4.90 Å². The number of hydrogen-bond donors (Lipinski definition) is 2. The van der Waals surface area contributed by atoms with E-state index in [2.05, 4.69) is 18.7 Å². The standard InChI is InChI=1S/C12H23NO2/c1-9(2)10-5-12(15,6-10)8-13-4-3-11(14)7-13/h9-11,14-15H,3-8H2,1-2H3/t10-,11-,12+/m0/s1.